The Morgan fingerprint density at radius 2 is 1.63 bits per heavy atom. The molecule has 0 fully saturated rings. The summed E-state index contributed by atoms with van der Waals surface area (Å²) in [4.78, 5) is 0. The second-order valence-corrected chi connectivity index (χ2v) is 4.88. The molecule has 0 spiro atoms. The van der Waals surface area contributed by atoms with E-state index < -0.39 is 0 Å². The van der Waals surface area contributed by atoms with Crippen molar-refractivity contribution < 1.29 is 4.74 Å². The van der Waals surface area contributed by atoms with Gasteiger partial charge >= 0.3 is 0 Å². The van der Waals surface area contributed by atoms with Crippen LogP contribution in [0.1, 0.15) is 12.5 Å². The van der Waals surface area contributed by atoms with E-state index in [0.29, 0.717) is 0 Å². The van der Waals surface area contributed by atoms with E-state index in [1.165, 1.54) is 16.7 Å². The van der Waals surface area contributed by atoms with E-state index in [0.717, 1.165) is 6.54 Å². The Kier molecular flexibility index (Phi) is 4.35. The standard InChI is InChI=1S/C17H21NO/c1-17(19-3,13-18-2)16-12-8-7-11-15(16)14-9-5-4-6-10-14/h4-12,18H,13H2,1-3H3. The van der Waals surface area contributed by atoms with E-state index in [4.69, 9.17) is 4.74 Å². The minimum atomic E-state index is -0.332. The molecule has 0 radical (unpaired) electrons. The van der Waals surface area contributed by atoms with Crippen LogP contribution in [0.15, 0.2) is 54.6 Å². The molecule has 0 aromatic heterocycles. The van der Waals surface area contributed by atoms with Crippen molar-refractivity contribution in [2.24, 2.45) is 0 Å². The summed E-state index contributed by atoms with van der Waals surface area (Å²) < 4.78 is 5.76. The van der Waals surface area contributed by atoms with Crippen LogP contribution in [0.4, 0.5) is 0 Å². The van der Waals surface area contributed by atoms with Gasteiger partial charge in [-0.3, -0.25) is 0 Å². The molecule has 0 bridgehead atoms. The molecule has 100 valence electrons. The smallest absolute Gasteiger partial charge is 0.103 e. The molecule has 0 aliphatic heterocycles. The Bertz CT molecular complexity index is 524. The van der Waals surface area contributed by atoms with Crippen LogP contribution in [0.3, 0.4) is 0 Å². The third-order valence-corrected chi connectivity index (χ3v) is 3.55. The lowest BCUT2D eigenvalue weighted by atomic mass is 9.88. The maximum absolute atomic E-state index is 5.76. The molecular weight excluding hydrogens is 234 g/mol. The van der Waals surface area contributed by atoms with Crippen LogP contribution in [0.5, 0.6) is 0 Å². The fourth-order valence-corrected chi connectivity index (χ4v) is 2.43. The van der Waals surface area contributed by atoms with Crippen molar-refractivity contribution in [3.05, 3.63) is 60.2 Å². The Balaban J connectivity index is 2.53. The zero-order valence-electron chi connectivity index (χ0n) is 11.8. The van der Waals surface area contributed by atoms with Crippen molar-refractivity contribution in [1.82, 2.24) is 5.32 Å². The molecule has 2 aromatic rings. The van der Waals surface area contributed by atoms with E-state index in [9.17, 15) is 0 Å². The molecule has 0 saturated heterocycles. The highest BCUT2D eigenvalue weighted by molar-refractivity contribution is 5.68. The molecule has 1 atom stereocenters. The van der Waals surface area contributed by atoms with Gasteiger partial charge in [0, 0.05) is 13.7 Å². The van der Waals surface area contributed by atoms with E-state index >= 15 is 0 Å². The molecule has 0 amide bonds. The summed E-state index contributed by atoms with van der Waals surface area (Å²) in [6, 6.07) is 18.9. The van der Waals surface area contributed by atoms with Crippen molar-refractivity contribution in [1.29, 1.82) is 0 Å². The number of rotatable bonds is 5. The lowest BCUT2D eigenvalue weighted by molar-refractivity contribution is 0.00471. The van der Waals surface area contributed by atoms with Gasteiger partial charge in [0.05, 0.1) is 0 Å². The molecule has 2 heteroatoms. The van der Waals surface area contributed by atoms with Gasteiger partial charge in [0.25, 0.3) is 0 Å². The Morgan fingerprint density at radius 1 is 1.00 bits per heavy atom. The molecular formula is C17H21NO. The summed E-state index contributed by atoms with van der Waals surface area (Å²) in [5, 5.41) is 3.21. The summed E-state index contributed by atoms with van der Waals surface area (Å²) in [5.41, 5.74) is 3.32. The van der Waals surface area contributed by atoms with Gasteiger partial charge in [-0.2, -0.15) is 0 Å². The quantitative estimate of drug-likeness (QED) is 0.883. The molecule has 1 N–H and O–H groups in total. The first-order valence-corrected chi connectivity index (χ1v) is 6.56. The Morgan fingerprint density at radius 3 is 2.26 bits per heavy atom. The predicted octanol–water partition coefficient (Wildman–Crippen LogP) is 3.43. The summed E-state index contributed by atoms with van der Waals surface area (Å²) in [6.07, 6.45) is 0. The van der Waals surface area contributed by atoms with Crippen LogP contribution < -0.4 is 5.32 Å². The number of likely N-dealkylation sites (N-methyl/N-ethyl adjacent to an activating group) is 1. The summed E-state index contributed by atoms with van der Waals surface area (Å²) in [5.74, 6) is 0. The van der Waals surface area contributed by atoms with Crippen molar-refractivity contribution in [3.8, 4) is 11.1 Å². The SMILES string of the molecule is CNCC(C)(OC)c1ccccc1-c1ccccc1. The second-order valence-electron chi connectivity index (χ2n) is 4.88. The van der Waals surface area contributed by atoms with Crippen LogP contribution in [-0.4, -0.2) is 20.7 Å². The second kappa shape index (κ2) is 6.00. The van der Waals surface area contributed by atoms with Gasteiger partial charge < -0.3 is 10.1 Å². The van der Waals surface area contributed by atoms with Gasteiger partial charge in [0.1, 0.15) is 5.60 Å². The van der Waals surface area contributed by atoms with Crippen LogP contribution in [0.2, 0.25) is 0 Å². The lowest BCUT2D eigenvalue weighted by Gasteiger charge is -2.30. The average molecular weight is 255 g/mol. The monoisotopic (exact) mass is 255 g/mol. The third-order valence-electron chi connectivity index (χ3n) is 3.55. The van der Waals surface area contributed by atoms with Crippen LogP contribution in [0.25, 0.3) is 11.1 Å². The maximum Gasteiger partial charge on any atom is 0.103 e. The van der Waals surface area contributed by atoms with E-state index in [-0.39, 0.29) is 5.60 Å². The van der Waals surface area contributed by atoms with E-state index in [2.05, 4.69) is 60.8 Å². The van der Waals surface area contributed by atoms with Gasteiger partial charge in [-0.15, -0.1) is 0 Å². The molecule has 0 aliphatic rings. The first-order valence-electron chi connectivity index (χ1n) is 6.56. The molecule has 0 aliphatic carbocycles. The fraction of sp³-hybridized carbons (Fsp3) is 0.294. The molecule has 2 rings (SSSR count). The first kappa shape index (κ1) is 13.8. The van der Waals surface area contributed by atoms with Crippen molar-refractivity contribution in [3.63, 3.8) is 0 Å². The summed E-state index contributed by atoms with van der Waals surface area (Å²) >= 11 is 0. The molecule has 0 heterocycles. The minimum Gasteiger partial charge on any atom is -0.372 e. The lowest BCUT2D eigenvalue weighted by Crippen LogP contribution is -2.36. The highest BCUT2D eigenvalue weighted by atomic mass is 16.5. The number of nitrogens with one attached hydrogen (secondary N) is 1. The van der Waals surface area contributed by atoms with Crippen LogP contribution >= 0.6 is 0 Å². The number of hydrogen-bond donors (Lipinski definition) is 1. The maximum atomic E-state index is 5.76. The van der Waals surface area contributed by atoms with Gasteiger partial charge in [-0.05, 0) is 30.7 Å². The highest BCUT2D eigenvalue weighted by Gasteiger charge is 2.28. The van der Waals surface area contributed by atoms with Gasteiger partial charge in [-0.1, -0.05) is 54.6 Å². The van der Waals surface area contributed by atoms with Crippen LogP contribution in [-0.2, 0) is 10.3 Å². The zero-order chi connectivity index (χ0) is 13.7. The van der Waals surface area contributed by atoms with Crippen LogP contribution in [0, 0.1) is 0 Å². The number of benzene rings is 2. The normalized spacial score (nSPS) is 14.1. The molecule has 2 nitrogen and oxygen atoms in total. The van der Waals surface area contributed by atoms with E-state index in [1.807, 2.05) is 13.1 Å². The summed E-state index contributed by atoms with van der Waals surface area (Å²) in [7, 11) is 3.71. The van der Waals surface area contributed by atoms with Gasteiger partial charge in [-0.25, -0.2) is 0 Å². The van der Waals surface area contributed by atoms with Gasteiger partial charge in [0.2, 0.25) is 0 Å². The van der Waals surface area contributed by atoms with Crippen molar-refractivity contribution in [2.75, 3.05) is 20.7 Å². The Hall–Kier alpha value is -1.64. The third kappa shape index (κ3) is 2.86. The molecule has 1 unspecified atom stereocenters. The minimum absolute atomic E-state index is 0.332. The average Bonchev–Trinajstić information content (AvgIpc) is 2.48. The predicted molar refractivity (Wildman–Crippen MR) is 80.2 cm³/mol. The van der Waals surface area contributed by atoms with Crippen molar-refractivity contribution >= 4 is 0 Å². The van der Waals surface area contributed by atoms with E-state index in [1.54, 1.807) is 7.11 Å². The number of hydrogen-bond acceptors (Lipinski definition) is 2. The van der Waals surface area contributed by atoms with Gasteiger partial charge in [0.15, 0.2) is 0 Å². The molecule has 0 saturated carbocycles. The molecule has 19 heavy (non-hydrogen) atoms. The summed E-state index contributed by atoms with van der Waals surface area (Å²) in [6.45, 7) is 2.89. The number of methoxy groups -OCH3 is 1. The topological polar surface area (TPSA) is 21.3 Å². The molecule has 2 aromatic carbocycles. The van der Waals surface area contributed by atoms with Crippen molar-refractivity contribution in [2.45, 2.75) is 12.5 Å². The first-order chi connectivity index (χ1) is 9.21. The fourth-order valence-electron chi connectivity index (χ4n) is 2.43. The Labute approximate surface area is 115 Å². The largest absolute Gasteiger partial charge is 0.372 e. The number of ether oxygens (including phenoxy) is 1. The zero-order valence-corrected chi connectivity index (χ0v) is 11.8. The highest BCUT2D eigenvalue weighted by Crippen LogP contribution is 2.33.